The summed E-state index contributed by atoms with van der Waals surface area (Å²) in [5.41, 5.74) is 0. The van der Waals surface area contributed by atoms with Crippen LogP contribution in [0, 0.1) is 0 Å². The van der Waals surface area contributed by atoms with Crippen LogP contribution in [0.15, 0.2) is 12.4 Å². The second-order valence-electron chi connectivity index (χ2n) is 5.13. The average Bonchev–Trinajstić information content (AvgIpc) is 2.92. The summed E-state index contributed by atoms with van der Waals surface area (Å²) in [4.78, 5) is 6.99. The van der Waals surface area contributed by atoms with E-state index >= 15 is 0 Å². The molecule has 2 rings (SSSR count). The van der Waals surface area contributed by atoms with Gasteiger partial charge in [0.1, 0.15) is 5.82 Å². The third kappa shape index (κ3) is 3.55. The van der Waals surface area contributed by atoms with Crippen molar-refractivity contribution in [2.45, 2.75) is 51.1 Å². The Kier molecular flexibility index (Phi) is 4.59. The number of nitrogens with zero attached hydrogens (tertiary/aromatic N) is 2. The lowest BCUT2D eigenvalue weighted by Gasteiger charge is -2.31. The van der Waals surface area contributed by atoms with Crippen LogP contribution in [-0.2, 0) is 10.2 Å². The predicted octanol–water partition coefficient (Wildman–Crippen LogP) is 1.57. The quantitative estimate of drug-likeness (QED) is 0.862. The molecule has 0 bridgehead atoms. The monoisotopic (exact) mass is 286 g/mol. The number of imidazole rings is 1. The molecule has 1 unspecified atom stereocenters. The summed E-state index contributed by atoms with van der Waals surface area (Å²) in [6, 6.07) is -0.235. The van der Waals surface area contributed by atoms with Gasteiger partial charge in [-0.15, -0.1) is 0 Å². The van der Waals surface area contributed by atoms with Gasteiger partial charge in [-0.05, 0) is 19.8 Å². The van der Waals surface area contributed by atoms with Crippen LogP contribution in [0.4, 0.5) is 0 Å². The van der Waals surface area contributed by atoms with E-state index in [4.69, 9.17) is 0 Å². The minimum Gasteiger partial charge on any atom is -0.347 e. The van der Waals surface area contributed by atoms with E-state index in [9.17, 15) is 8.42 Å². The van der Waals surface area contributed by atoms with E-state index in [0.717, 1.165) is 25.7 Å². The second-order valence-corrected chi connectivity index (χ2v) is 6.89. The van der Waals surface area contributed by atoms with Gasteiger partial charge in [0.05, 0.1) is 6.04 Å². The number of nitrogens with one attached hydrogen (secondary N) is 2. The number of H-pyrrole nitrogens is 1. The zero-order valence-corrected chi connectivity index (χ0v) is 12.3. The summed E-state index contributed by atoms with van der Waals surface area (Å²) >= 11 is 0. The smallest absolute Gasteiger partial charge is 0.280 e. The van der Waals surface area contributed by atoms with Crippen LogP contribution in [0.2, 0.25) is 0 Å². The first kappa shape index (κ1) is 14.5. The fourth-order valence-electron chi connectivity index (χ4n) is 2.52. The Morgan fingerprint density at radius 1 is 1.42 bits per heavy atom. The molecule has 0 aliphatic heterocycles. The molecule has 7 heteroatoms. The Morgan fingerprint density at radius 3 is 2.68 bits per heavy atom. The summed E-state index contributed by atoms with van der Waals surface area (Å²) in [5.74, 6) is 0.626. The third-order valence-corrected chi connectivity index (χ3v) is 5.43. The number of aromatic amines is 1. The highest BCUT2D eigenvalue weighted by Gasteiger charge is 2.29. The third-order valence-electron chi connectivity index (χ3n) is 3.72. The van der Waals surface area contributed by atoms with Gasteiger partial charge in [0.15, 0.2) is 0 Å². The van der Waals surface area contributed by atoms with E-state index in [-0.39, 0.29) is 12.1 Å². The van der Waals surface area contributed by atoms with Crippen molar-refractivity contribution in [3.8, 4) is 0 Å². The fourth-order valence-corrected chi connectivity index (χ4v) is 3.85. The molecule has 1 aromatic rings. The maximum Gasteiger partial charge on any atom is 0.280 e. The lowest BCUT2D eigenvalue weighted by atomic mass is 9.96. The first-order valence-electron chi connectivity index (χ1n) is 6.75. The molecular weight excluding hydrogens is 264 g/mol. The summed E-state index contributed by atoms with van der Waals surface area (Å²) in [7, 11) is -1.80. The molecule has 1 fully saturated rings. The summed E-state index contributed by atoms with van der Waals surface area (Å²) < 4.78 is 28.8. The molecule has 108 valence electrons. The van der Waals surface area contributed by atoms with Gasteiger partial charge in [-0.25, -0.2) is 4.98 Å². The molecule has 1 aliphatic carbocycles. The summed E-state index contributed by atoms with van der Waals surface area (Å²) in [5, 5.41) is 0. The van der Waals surface area contributed by atoms with Crippen LogP contribution in [0.5, 0.6) is 0 Å². The van der Waals surface area contributed by atoms with Gasteiger partial charge < -0.3 is 4.98 Å². The molecule has 1 aromatic heterocycles. The van der Waals surface area contributed by atoms with E-state index in [1.54, 1.807) is 26.4 Å². The van der Waals surface area contributed by atoms with Gasteiger partial charge in [-0.3, -0.25) is 0 Å². The molecule has 1 saturated carbocycles. The van der Waals surface area contributed by atoms with Crippen LogP contribution >= 0.6 is 0 Å². The van der Waals surface area contributed by atoms with Crippen molar-refractivity contribution in [3.63, 3.8) is 0 Å². The first-order valence-corrected chi connectivity index (χ1v) is 8.19. The molecule has 0 spiro atoms. The molecule has 1 heterocycles. The molecule has 1 atom stereocenters. The zero-order chi connectivity index (χ0) is 13.9. The number of hydrogen-bond acceptors (Lipinski definition) is 3. The second kappa shape index (κ2) is 6.02. The van der Waals surface area contributed by atoms with E-state index in [1.165, 1.54) is 10.7 Å². The van der Waals surface area contributed by atoms with Crippen molar-refractivity contribution in [3.05, 3.63) is 18.2 Å². The predicted molar refractivity (Wildman–Crippen MR) is 73.7 cm³/mol. The van der Waals surface area contributed by atoms with Crippen molar-refractivity contribution in [1.82, 2.24) is 19.0 Å². The molecule has 6 nitrogen and oxygen atoms in total. The van der Waals surface area contributed by atoms with Gasteiger partial charge in [0, 0.05) is 25.5 Å². The Hall–Kier alpha value is -0.920. The van der Waals surface area contributed by atoms with E-state index in [1.807, 2.05) is 0 Å². The lowest BCUT2D eigenvalue weighted by Crippen LogP contribution is -2.45. The van der Waals surface area contributed by atoms with Gasteiger partial charge in [-0.2, -0.15) is 17.4 Å². The largest absolute Gasteiger partial charge is 0.347 e. The average molecular weight is 286 g/mol. The molecule has 0 saturated heterocycles. The van der Waals surface area contributed by atoms with Gasteiger partial charge >= 0.3 is 0 Å². The first-order chi connectivity index (χ1) is 9.00. The number of aromatic nitrogens is 2. The Bertz CT molecular complexity index is 480. The fraction of sp³-hybridized carbons (Fsp3) is 0.750. The van der Waals surface area contributed by atoms with Crippen LogP contribution in [-0.4, -0.2) is 35.8 Å². The van der Waals surface area contributed by atoms with Crippen molar-refractivity contribution >= 4 is 10.2 Å². The Balaban J connectivity index is 2.00. The van der Waals surface area contributed by atoms with Crippen LogP contribution in [0.25, 0.3) is 0 Å². The van der Waals surface area contributed by atoms with Gasteiger partial charge in [0.2, 0.25) is 0 Å². The highest BCUT2D eigenvalue weighted by Crippen LogP contribution is 2.23. The molecule has 2 N–H and O–H groups in total. The Labute approximate surface area is 114 Å². The van der Waals surface area contributed by atoms with Crippen molar-refractivity contribution in [1.29, 1.82) is 0 Å². The molecule has 0 radical (unpaired) electrons. The van der Waals surface area contributed by atoms with Gasteiger partial charge in [0.25, 0.3) is 10.2 Å². The maximum absolute atomic E-state index is 12.3. The number of rotatable bonds is 5. The Morgan fingerprint density at radius 2 is 2.11 bits per heavy atom. The molecule has 19 heavy (non-hydrogen) atoms. The van der Waals surface area contributed by atoms with Crippen LogP contribution < -0.4 is 4.72 Å². The van der Waals surface area contributed by atoms with Crippen molar-refractivity contribution < 1.29 is 8.42 Å². The summed E-state index contributed by atoms with van der Waals surface area (Å²) in [6.45, 7) is 1.78. The normalized spacial score (nSPS) is 19.7. The molecular formula is C12H22N4O2S. The SMILES string of the molecule is CC(NS(=O)(=O)N(C)C1CCCCC1)c1ncc[nH]1. The van der Waals surface area contributed by atoms with Crippen LogP contribution in [0.3, 0.4) is 0 Å². The zero-order valence-electron chi connectivity index (χ0n) is 11.5. The lowest BCUT2D eigenvalue weighted by molar-refractivity contribution is 0.281. The highest BCUT2D eigenvalue weighted by molar-refractivity contribution is 7.87. The topological polar surface area (TPSA) is 78.1 Å². The minimum absolute atomic E-state index is 0.120. The number of hydrogen-bond donors (Lipinski definition) is 2. The van der Waals surface area contributed by atoms with Gasteiger partial charge in [-0.1, -0.05) is 19.3 Å². The summed E-state index contributed by atoms with van der Waals surface area (Å²) in [6.07, 6.45) is 8.63. The molecule has 0 amide bonds. The van der Waals surface area contributed by atoms with E-state index < -0.39 is 10.2 Å². The highest BCUT2D eigenvalue weighted by atomic mass is 32.2. The van der Waals surface area contributed by atoms with E-state index in [2.05, 4.69) is 14.7 Å². The standard InChI is InChI=1S/C12H22N4O2S/c1-10(12-13-8-9-14-12)15-19(17,18)16(2)11-6-4-3-5-7-11/h8-11,15H,3-7H2,1-2H3,(H,13,14). The molecule has 1 aliphatic rings. The van der Waals surface area contributed by atoms with Crippen LogP contribution in [0.1, 0.15) is 50.9 Å². The van der Waals surface area contributed by atoms with Crippen molar-refractivity contribution in [2.24, 2.45) is 0 Å². The molecule has 0 aromatic carbocycles. The van der Waals surface area contributed by atoms with Crippen molar-refractivity contribution in [2.75, 3.05) is 7.05 Å². The maximum atomic E-state index is 12.3. The van der Waals surface area contributed by atoms with E-state index in [0.29, 0.717) is 5.82 Å². The minimum atomic E-state index is -3.46.